The third kappa shape index (κ3) is 4.14. The quantitative estimate of drug-likeness (QED) is 0.854. The van der Waals surface area contributed by atoms with Crippen molar-refractivity contribution in [1.29, 1.82) is 0 Å². The van der Waals surface area contributed by atoms with Crippen LogP contribution >= 0.6 is 11.3 Å². The van der Waals surface area contributed by atoms with Gasteiger partial charge in [-0.1, -0.05) is 25.1 Å². The summed E-state index contributed by atoms with van der Waals surface area (Å²) in [5.41, 5.74) is 1.98. The second-order valence-electron chi connectivity index (χ2n) is 6.22. The summed E-state index contributed by atoms with van der Waals surface area (Å²) in [7, 11) is 0. The van der Waals surface area contributed by atoms with Crippen LogP contribution in [0.25, 0.3) is 0 Å². The number of nitrogens with one attached hydrogen (secondary N) is 1. The van der Waals surface area contributed by atoms with Crippen LogP contribution in [0.2, 0.25) is 0 Å². The van der Waals surface area contributed by atoms with E-state index in [0.717, 1.165) is 24.8 Å². The first-order chi connectivity index (χ1) is 12.0. The fourth-order valence-corrected chi connectivity index (χ4v) is 4.12. The minimum Gasteiger partial charge on any atom is -0.452 e. The van der Waals surface area contributed by atoms with Crippen LogP contribution in [0.15, 0.2) is 35.7 Å². The lowest BCUT2D eigenvalue weighted by Gasteiger charge is -2.18. The Morgan fingerprint density at radius 2 is 2.00 bits per heavy atom. The molecule has 1 aliphatic rings. The summed E-state index contributed by atoms with van der Waals surface area (Å²) in [5, 5.41) is 4.02. The third-order valence-corrected chi connectivity index (χ3v) is 5.30. The van der Waals surface area contributed by atoms with Gasteiger partial charge < -0.3 is 4.74 Å². The fourth-order valence-electron chi connectivity index (χ4n) is 2.88. The molecule has 5 nitrogen and oxygen atoms in total. The molecule has 0 fully saturated rings. The smallest absolute Gasteiger partial charge is 0.339 e. The van der Waals surface area contributed by atoms with Gasteiger partial charge in [0.1, 0.15) is 0 Å². The summed E-state index contributed by atoms with van der Waals surface area (Å²) in [6.07, 6.45) is 2.90. The van der Waals surface area contributed by atoms with Crippen molar-refractivity contribution in [2.24, 2.45) is 5.92 Å². The Morgan fingerprint density at radius 1 is 1.24 bits per heavy atom. The number of ether oxygens (including phenoxy) is 1. The topological polar surface area (TPSA) is 72.5 Å². The molecule has 2 aromatic rings. The molecule has 0 saturated carbocycles. The molecule has 25 heavy (non-hydrogen) atoms. The lowest BCUT2D eigenvalue weighted by Crippen LogP contribution is -2.34. The first-order valence-corrected chi connectivity index (χ1v) is 9.08. The average molecular weight is 357 g/mol. The van der Waals surface area contributed by atoms with Gasteiger partial charge in [-0.2, -0.15) is 0 Å². The Kier molecular flexibility index (Phi) is 5.28. The maximum Gasteiger partial charge on any atom is 0.339 e. The highest BCUT2D eigenvalue weighted by Crippen LogP contribution is 2.33. The normalized spacial score (nSPS) is 16.0. The Labute approximate surface area is 150 Å². The maximum absolute atomic E-state index is 12.2. The number of hydrogen-bond donors (Lipinski definition) is 1. The zero-order valence-electron chi connectivity index (χ0n) is 13.9. The van der Waals surface area contributed by atoms with Crippen LogP contribution in [0.3, 0.4) is 0 Å². The van der Waals surface area contributed by atoms with E-state index in [4.69, 9.17) is 4.74 Å². The van der Waals surface area contributed by atoms with Crippen LogP contribution in [0.5, 0.6) is 0 Å². The van der Waals surface area contributed by atoms with Crippen molar-refractivity contribution in [2.45, 2.75) is 26.2 Å². The van der Waals surface area contributed by atoms with Crippen LogP contribution in [0.1, 0.15) is 44.5 Å². The van der Waals surface area contributed by atoms with Gasteiger partial charge in [-0.3, -0.25) is 14.9 Å². The molecular formula is C19H19NO4S. The van der Waals surface area contributed by atoms with Crippen LogP contribution in [-0.4, -0.2) is 24.4 Å². The third-order valence-electron chi connectivity index (χ3n) is 4.24. The first kappa shape index (κ1) is 17.4. The minimum absolute atomic E-state index is 0.378. The molecule has 130 valence electrons. The highest BCUT2D eigenvalue weighted by atomic mass is 32.1. The number of fused-ring (bicyclic) bond motifs is 1. The Bertz CT molecular complexity index is 797. The fraction of sp³-hybridized carbons (Fsp3) is 0.316. The molecule has 0 aliphatic heterocycles. The average Bonchev–Trinajstić information content (AvgIpc) is 3.03. The van der Waals surface area contributed by atoms with E-state index < -0.39 is 24.4 Å². The SMILES string of the molecule is CC1CCc2c(C(=O)OCC(=O)NC(=O)c3ccccc3)csc2C1. The number of carbonyl (C=O) groups excluding carboxylic acids is 3. The number of imide groups is 1. The summed E-state index contributed by atoms with van der Waals surface area (Å²) in [5.74, 6) is -1.03. The van der Waals surface area contributed by atoms with Crippen molar-refractivity contribution < 1.29 is 19.1 Å². The minimum atomic E-state index is -0.639. The van der Waals surface area contributed by atoms with Crippen LogP contribution in [0.4, 0.5) is 0 Å². The Hall–Kier alpha value is -2.47. The molecule has 1 aromatic heterocycles. The van der Waals surface area contributed by atoms with E-state index in [1.807, 2.05) is 0 Å². The summed E-state index contributed by atoms with van der Waals surface area (Å²) >= 11 is 1.57. The van der Waals surface area contributed by atoms with Crippen molar-refractivity contribution in [3.63, 3.8) is 0 Å². The van der Waals surface area contributed by atoms with Gasteiger partial charge in [0, 0.05) is 15.8 Å². The number of rotatable bonds is 4. The number of hydrogen-bond acceptors (Lipinski definition) is 5. The number of carbonyl (C=O) groups is 3. The molecule has 1 aliphatic carbocycles. The number of thiophene rings is 1. The Balaban J connectivity index is 1.54. The molecule has 1 N–H and O–H groups in total. The number of benzene rings is 1. The lowest BCUT2D eigenvalue weighted by molar-refractivity contribution is -0.123. The zero-order valence-corrected chi connectivity index (χ0v) is 14.7. The van der Waals surface area contributed by atoms with Gasteiger partial charge in [0.25, 0.3) is 11.8 Å². The van der Waals surface area contributed by atoms with E-state index in [2.05, 4.69) is 12.2 Å². The second-order valence-corrected chi connectivity index (χ2v) is 7.18. The van der Waals surface area contributed by atoms with E-state index in [9.17, 15) is 14.4 Å². The van der Waals surface area contributed by atoms with Gasteiger partial charge >= 0.3 is 5.97 Å². The largest absolute Gasteiger partial charge is 0.452 e. The van der Waals surface area contributed by atoms with Gasteiger partial charge in [-0.25, -0.2) is 4.79 Å². The summed E-state index contributed by atoms with van der Waals surface area (Å²) in [6.45, 7) is 1.73. The molecule has 1 unspecified atom stereocenters. The summed E-state index contributed by atoms with van der Waals surface area (Å²) in [4.78, 5) is 37.2. The molecule has 0 spiro atoms. The summed E-state index contributed by atoms with van der Waals surface area (Å²) in [6, 6.07) is 8.41. The van der Waals surface area contributed by atoms with Gasteiger partial charge in [-0.05, 0) is 42.9 Å². The highest BCUT2D eigenvalue weighted by molar-refractivity contribution is 7.10. The standard InChI is InChI=1S/C19H19NO4S/c1-12-7-8-14-15(11-25-16(14)9-12)19(23)24-10-17(21)20-18(22)13-5-3-2-4-6-13/h2-6,11-12H,7-10H2,1H3,(H,20,21,22). The molecule has 1 aromatic carbocycles. The molecule has 1 atom stereocenters. The second kappa shape index (κ2) is 7.61. The van der Waals surface area contributed by atoms with Crippen molar-refractivity contribution in [3.05, 3.63) is 57.3 Å². The highest BCUT2D eigenvalue weighted by Gasteiger charge is 2.24. The Morgan fingerprint density at radius 3 is 2.76 bits per heavy atom. The van der Waals surface area contributed by atoms with Gasteiger partial charge in [-0.15, -0.1) is 11.3 Å². The number of esters is 1. The van der Waals surface area contributed by atoms with Crippen LogP contribution < -0.4 is 5.32 Å². The van der Waals surface area contributed by atoms with Crippen molar-refractivity contribution >= 4 is 29.1 Å². The molecule has 0 saturated heterocycles. The van der Waals surface area contributed by atoms with Crippen LogP contribution in [0, 0.1) is 5.92 Å². The van der Waals surface area contributed by atoms with Gasteiger partial charge in [0.15, 0.2) is 6.61 Å². The molecule has 0 bridgehead atoms. The van der Waals surface area contributed by atoms with E-state index >= 15 is 0 Å². The maximum atomic E-state index is 12.2. The van der Waals surface area contributed by atoms with Crippen LogP contribution in [-0.2, 0) is 22.4 Å². The molecule has 3 rings (SSSR count). The van der Waals surface area contributed by atoms with Crippen molar-refractivity contribution in [2.75, 3.05) is 6.61 Å². The van der Waals surface area contributed by atoms with Gasteiger partial charge in [0.05, 0.1) is 5.56 Å². The van der Waals surface area contributed by atoms with E-state index in [1.54, 1.807) is 47.0 Å². The lowest BCUT2D eigenvalue weighted by atomic mass is 9.88. The van der Waals surface area contributed by atoms with E-state index in [1.165, 1.54) is 4.88 Å². The predicted octanol–water partition coefficient (Wildman–Crippen LogP) is 2.99. The van der Waals surface area contributed by atoms with Crippen molar-refractivity contribution in [3.8, 4) is 0 Å². The van der Waals surface area contributed by atoms with E-state index in [0.29, 0.717) is 17.0 Å². The molecule has 0 radical (unpaired) electrons. The zero-order chi connectivity index (χ0) is 17.8. The molecule has 2 amide bonds. The summed E-state index contributed by atoms with van der Waals surface area (Å²) < 4.78 is 5.08. The molecule has 6 heteroatoms. The number of amides is 2. The van der Waals surface area contributed by atoms with Crippen molar-refractivity contribution in [1.82, 2.24) is 5.32 Å². The monoisotopic (exact) mass is 357 g/mol. The van der Waals surface area contributed by atoms with E-state index in [-0.39, 0.29) is 0 Å². The first-order valence-electron chi connectivity index (χ1n) is 8.20. The van der Waals surface area contributed by atoms with Gasteiger partial charge in [0.2, 0.25) is 0 Å². The predicted molar refractivity (Wildman–Crippen MR) is 94.7 cm³/mol. The molecule has 1 heterocycles. The molecular weight excluding hydrogens is 338 g/mol.